The molecule has 1 saturated carbocycles. The Kier molecular flexibility index (Phi) is 12.6. The van der Waals surface area contributed by atoms with Crippen LogP contribution in [-0.2, 0) is 33.3 Å². The number of aliphatic hydroxyl groups excluding tert-OH is 1. The molecule has 13 heteroatoms. The van der Waals surface area contributed by atoms with Gasteiger partial charge in [-0.05, 0) is 58.4 Å². The van der Waals surface area contributed by atoms with Gasteiger partial charge in [-0.15, -0.1) is 0 Å². The summed E-state index contributed by atoms with van der Waals surface area (Å²) in [7, 11) is 1.57. The van der Waals surface area contributed by atoms with Crippen molar-refractivity contribution in [2.75, 3.05) is 13.7 Å². The number of nitrogens with one attached hydrogen (secondary N) is 4. The van der Waals surface area contributed by atoms with Crippen LogP contribution in [0.4, 0.5) is 4.79 Å². The average Bonchev–Trinajstić information content (AvgIpc) is 3.76. The first-order valence-electron chi connectivity index (χ1n) is 16.7. The van der Waals surface area contributed by atoms with Gasteiger partial charge in [0.2, 0.25) is 11.8 Å². The lowest BCUT2D eigenvalue weighted by atomic mass is 9.85. The van der Waals surface area contributed by atoms with Crippen LogP contribution in [0.2, 0.25) is 0 Å². The second-order valence-corrected chi connectivity index (χ2v) is 13.5. The van der Waals surface area contributed by atoms with Crippen molar-refractivity contribution in [1.82, 2.24) is 21.3 Å². The second kappa shape index (κ2) is 16.2. The van der Waals surface area contributed by atoms with Crippen molar-refractivity contribution < 1.29 is 43.2 Å². The van der Waals surface area contributed by atoms with Crippen molar-refractivity contribution in [2.45, 2.75) is 133 Å². The van der Waals surface area contributed by atoms with E-state index in [1.807, 2.05) is 26.0 Å². The zero-order valence-electron chi connectivity index (χ0n) is 28.3. The predicted molar refractivity (Wildman–Crippen MR) is 173 cm³/mol. The van der Waals surface area contributed by atoms with Gasteiger partial charge in [-0.25, -0.2) is 4.79 Å². The lowest BCUT2D eigenvalue weighted by Gasteiger charge is -2.39. The maximum absolute atomic E-state index is 12.8. The third-order valence-electron chi connectivity index (χ3n) is 9.40. The Labute approximate surface area is 277 Å². The largest absolute Gasteiger partial charge is 0.459 e. The molecule has 0 bridgehead atoms. The molecule has 4 amide bonds. The molecule has 3 heterocycles. The number of urea groups is 1. The highest BCUT2D eigenvalue weighted by Gasteiger charge is 2.58. The Balaban J connectivity index is 1.23. The molecule has 3 saturated heterocycles. The van der Waals surface area contributed by atoms with Crippen LogP contribution in [0, 0.1) is 5.92 Å². The number of hydrogen-bond donors (Lipinski definition) is 5. The van der Waals surface area contributed by atoms with E-state index in [1.165, 1.54) is 13.0 Å². The molecular weight excluding hydrogens is 608 g/mol. The number of epoxide rings is 1. The SMILES string of the molecule is CNC(=O)N[C@H]1C[C@H](NC(=O)C[C@@H]2C[C@@]3(CO3)[C@H](O)[C@@H](/C=C/C(C)=C/C[C@@H]3O[C@H](C)[C@H](NC(=O)/C=C\[C@H](C)OC(C)=O)C[C@@H]3C)O2)C1. The predicted octanol–water partition coefficient (Wildman–Crippen LogP) is 1.94. The van der Waals surface area contributed by atoms with Gasteiger partial charge in [0.25, 0.3) is 0 Å². The average molecular weight is 661 g/mol. The summed E-state index contributed by atoms with van der Waals surface area (Å²) >= 11 is 0. The molecular formula is C34H52N4O9. The first-order chi connectivity index (χ1) is 22.3. The van der Waals surface area contributed by atoms with E-state index in [4.69, 9.17) is 18.9 Å². The van der Waals surface area contributed by atoms with Crippen LogP contribution < -0.4 is 21.3 Å². The van der Waals surface area contributed by atoms with E-state index < -0.39 is 29.9 Å². The Hall–Kier alpha value is -3.26. The van der Waals surface area contributed by atoms with Crippen molar-refractivity contribution in [2.24, 2.45) is 5.92 Å². The van der Waals surface area contributed by atoms with E-state index in [-0.39, 0.29) is 66.6 Å². The van der Waals surface area contributed by atoms with Crippen LogP contribution in [-0.4, -0.2) is 103 Å². The van der Waals surface area contributed by atoms with E-state index in [0.717, 1.165) is 12.0 Å². The summed E-state index contributed by atoms with van der Waals surface area (Å²) in [6, 6.07) is -0.298. The number of aliphatic hydroxyl groups is 1. The maximum atomic E-state index is 12.8. The van der Waals surface area contributed by atoms with Crippen LogP contribution in [0.25, 0.3) is 0 Å². The molecule has 3 aliphatic heterocycles. The zero-order valence-corrected chi connectivity index (χ0v) is 28.3. The summed E-state index contributed by atoms with van der Waals surface area (Å²) in [6.07, 6.45) is 9.71. The highest BCUT2D eigenvalue weighted by molar-refractivity contribution is 5.87. The molecule has 1 aliphatic carbocycles. The Bertz CT molecular complexity index is 1230. The smallest absolute Gasteiger partial charge is 0.314 e. The number of carbonyl (C=O) groups is 4. The molecule has 4 rings (SSSR count). The van der Waals surface area contributed by atoms with Crippen molar-refractivity contribution in [1.29, 1.82) is 0 Å². The number of hydrogen-bond acceptors (Lipinski definition) is 9. The van der Waals surface area contributed by atoms with Crippen molar-refractivity contribution >= 4 is 23.8 Å². The van der Waals surface area contributed by atoms with Crippen LogP contribution in [0.1, 0.15) is 73.1 Å². The summed E-state index contributed by atoms with van der Waals surface area (Å²) in [5.74, 6) is -0.574. The van der Waals surface area contributed by atoms with Gasteiger partial charge in [-0.1, -0.05) is 30.7 Å². The molecule has 4 fully saturated rings. The minimum absolute atomic E-state index is 0.0166. The monoisotopic (exact) mass is 660 g/mol. The molecule has 13 nitrogen and oxygen atoms in total. The second-order valence-electron chi connectivity index (χ2n) is 13.5. The molecule has 262 valence electrons. The Morgan fingerprint density at radius 1 is 1.02 bits per heavy atom. The molecule has 4 aliphatic rings. The van der Waals surface area contributed by atoms with Crippen LogP contribution in [0.15, 0.2) is 36.0 Å². The minimum Gasteiger partial charge on any atom is -0.459 e. The van der Waals surface area contributed by atoms with Crippen molar-refractivity contribution in [3.63, 3.8) is 0 Å². The third kappa shape index (κ3) is 10.6. The fourth-order valence-electron chi connectivity index (χ4n) is 6.49. The number of allylic oxidation sites excluding steroid dienone is 2. The van der Waals surface area contributed by atoms with Gasteiger partial charge in [0.05, 0.1) is 37.4 Å². The Morgan fingerprint density at radius 2 is 1.72 bits per heavy atom. The molecule has 47 heavy (non-hydrogen) atoms. The summed E-state index contributed by atoms with van der Waals surface area (Å²) in [5.41, 5.74) is 0.306. The zero-order chi connectivity index (χ0) is 34.3. The van der Waals surface area contributed by atoms with Gasteiger partial charge in [-0.3, -0.25) is 14.4 Å². The van der Waals surface area contributed by atoms with E-state index >= 15 is 0 Å². The van der Waals surface area contributed by atoms with Gasteiger partial charge < -0.3 is 45.3 Å². The third-order valence-corrected chi connectivity index (χ3v) is 9.40. The summed E-state index contributed by atoms with van der Waals surface area (Å²) in [4.78, 5) is 47.7. The number of ether oxygens (including phenoxy) is 4. The van der Waals surface area contributed by atoms with Gasteiger partial charge in [-0.2, -0.15) is 0 Å². The fraction of sp³-hybridized carbons (Fsp3) is 0.706. The van der Waals surface area contributed by atoms with E-state index in [9.17, 15) is 24.3 Å². The number of carbonyl (C=O) groups excluding carboxylic acids is 4. The molecule has 0 unspecified atom stereocenters. The molecule has 1 spiro atoms. The first-order valence-corrected chi connectivity index (χ1v) is 16.7. The summed E-state index contributed by atoms with van der Waals surface area (Å²) < 4.78 is 23.2. The van der Waals surface area contributed by atoms with E-state index in [0.29, 0.717) is 32.3 Å². The summed E-state index contributed by atoms with van der Waals surface area (Å²) in [6.45, 7) is 9.49. The van der Waals surface area contributed by atoms with E-state index in [2.05, 4.69) is 34.3 Å². The molecule has 0 aromatic heterocycles. The summed E-state index contributed by atoms with van der Waals surface area (Å²) in [5, 5.41) is 22.4. The van der Waals surface area contributed by atoms with Gasteiger partial charge >= 0.3 is 12.0 Å². The molecule has 9 atom stereocenters. The molecule has 5 N–H and O–H groups in total. The highest BCUT2D eigenvalue weighted by Crippen LogP contribution is 2.43. The van der Waals surface area contributed by atoms with Gasteiger partial charge in [0, 0.05) is 38.6 Å². The topological polar surface area (TPSA) is 177 Å². The van der Waals surface area contributed by atoms with Crippen molar-refractivity contribution in [3.8, 4) is 0 Å². The minimum atomic E-state index is -0.830. The normalized spacial score (nSPS) is 36.0. The first kappa shape index (κ1) is 36.6. The molecule has 0 radical (unpaired) electrons. The Morgan fingerprint density at radius 3 is 2.38 bits per heavy atom. The lowest BCUT2D eigenvalue weighted by Crippen LogP contribution is -2.56. The number of esters is 1. The van der Waals surface area contributed by atoms with Crippen LogP contribution in [0.5, 0.6) is 0 Å². The lowest BCUT2D eigenvalue weighted by molar-refractivity contribution is -0.146. The van der Waals surface area contributed by atoms with Crippen LogP contribution >= 0.6 is 0 Å². The fourth-order valence-corrected chi connectivity index (χ4v) is 6.49. The highest BCUT2D eigenvalue weighted by atomic mass is 16.6. The number of amides is 4. The number of rotatable bonds is 12. The quantitative estimate of drug-likeness (QED) is 0.0906. The standard InChI is InChI=1S/C34H52N4O9/c1-19(7-10-28-20(2)13-27(22(4)46-28)38-30(40)12-9-21(3)45-23(5)39)8-11-29-32(42)34(18-44-34)17-26(47-29)16-31(41)36-24-14-25(15-24)37-33(43)35-6/h7-9,11-12,20-22,24-29,32,42H,10,13-18H2,1-6H3,(H,36,41)(H,38,40)(H2,35,37,43)/b11-8+,12-9-,19-7+/t20-,21-,22+,24-,25-,26+,27+,28-,29+,32+,34+/m0/s1. The van der Waals surface area contributed by atoms with Crippen molar-refractivity contribution in [3.05, 3.63) is 36.0 Å². The van der Waals surface area contributed by atoms with Gasteiger partial charge in [0.1, 0.15) is 23.9 Å². The molecule has 0 aromatic carbocycles. The van der Waals surface area contributed by atoms with Crippen LogP contribution in [0.3, 0.4) is 0 Å². The maximum Gasteiger partial charge on any atom is 0.314 e. The molecule has 0 aromatic rings. The van der Waals surface area contributed by atoms with Gasteiger partial charge in [0.15, 0.2) is 0 Å². The van der Waals surface area contributed by atoms with E-state index in [1.54, 1.807) is 20.0 Å².